The fourth-order valence-electron chi connectivity index (χ4n) is 2.95. The van der Waals surface area contributed by atoms with Crippen LogP contribution in [0.25, 0.3) is 10.8 Å². The van der Waals surface area contributed by atoms with Crippen LogP contribution in [0.2, 0.25) is 0 Å². The molecule has 6 heteroatoms. The molecule has 3 aromatic rings. The van der Waals surface area contributed by atoms with Crippen LogP contribution in [-0.4, -0.2) is 34.2 Å². The molecule has 1 aliphatic rings. The maximum absolute atomic E-state index is 12.4. The smallest absolute Gasteiger partial charge is 0.262 e. The summed E-state index contributed by atoms with van der Waals surface area (Å²) in [5.41, 5.74) is 1.27. The third kappa shape index (κ3) is 2.53. The monoisotopic (exact) mass is 331 g/mol. The van der Waals surface area contributed by atoms with Gasteiger partial charge in [-0.15, -0.1) is 0 Å². The molecule has 0 saturated carbocycles. The zero-order valence-electron chi connectivity index (χ0n) is 13.1. The van der Waals surface area contributed by atoms with Crippen molar-refractivity contribution in [2.24, 2.45) is 0 Å². The Balaban J connectivity index is 1.55. The van der Waals surface area contributed by atoms with Gasteiger partial charge < -0.3 is 5.32 Å². The average Bonchev–Trinajstić information content (AvgIpc) is 2.87. The summed E-state index contributed by atoms with van der Waals surface area (Å²) in [6.45, 7) is -0.326. The normalized spacial score (nSPS) is 13.2. The maximum Gasteiger partial charge on any atom is 0.262 e. The van der Waals surface area contributed by atoms with Gasteiger partial charge in [0, 0.05) is 28.9 Å². The van der Waals surface area contributed by atoms with Crippen LogP contribution in [0.4, 0.5) is 5.69 Å². The van der Waals surface area contributed by atoms with Crippen LogP contribution in [0, 0.1) is 0 Å². The molecule has 0 spiro atoms. The highest BCUT2D eigenvalue weighted by molar-refractivity contribution is 6.22. The molecule has 2 aromatic carbocycles. The van der Waals surface area contributed by atoms with Gasteiger partial charge in [0.1, 0.15) is 6.54 Å². The fourth-order valence-corrected chi connectivity index (χ4v) is 2.95. The van der Waals surface area contributed by atoms with E-state index in [1.54, 1.807) is 48.8 Å². The number of hydrogen-bond donors (Lipinski definition) is 1. The van der Waals surface area contributed by atoms with Gasteiger partial charge in [0.15, 0.2) is 0 Å². The van der Waals surface area contributed by atoms with Crippen molar-refractivity contribution >= 4 is 34.2 Å². The Labute approximate surface area is 143 Å². The van der Waals surface area contributed by atoms with Crippen LogP contribution in [0.1, 0.15) is 20.7 Å². The number of amides is 3. The van der Waals surface area contributed by atoms with Crippen molar-refractivity contribution in [2.45, 2.75) is 0 Å². The van der Waals surface area contributed by atoms with Crippen LogP contribution in [0.5, 0.6) is 0 Å². The minimum absolute atomic E-state index is 0.326. The van der Waals surface area contributed by atoms with Crippen LogP contribution in [0.3, 0.4) is 0 Å². The van der Waals surface area contributed by atoms with E-state index in [4.69, 9.17) is 0 Å². The predicted octanol–water partition coefficient (Wildman–Crippen LogP) is 2.47. The van der Waals surface area contributed by atoms with Crippen molar-refractivity contribution in [3.63, 3.8) is 0 Å². The topological polar surface area (TPSA) is 79.4 Å². The van der Waals surface area contributed by atoms with Crippen molar-refractivity contribution in [3.05, 3.63) is 72.1 Å². The molecule has 0 aliphatic carbocycles. The molecule has 0 radical (unpaired) electrons. The Kier molecular flexibility index (Phi) is 3.50. The van der Waals surface area contributed by atoms with Gasteiger partial charge in [0.25, 0.3) is 11.8 Å². The first kappa shape index (κ1) is 15.0. The van der Waals surface area contributed by atoms with Gasteiger partial charge in [-0.1, -0.05) is 24.3 Å². The van der Waals surface area contributed by atoms with Crippen molar-refractivity contribution < 1.29 is 14.4 Å². The number of carbonyl (C=O) groups excluding carboxylic acids is 3. The third-order valence-corrected chi connectivity index (χ3v) is 4.13. The molecular formula is C19H13N3O3. The lowest BCUT2D eigenvalue weighted by Gasteiger charge is -2.14. The molecule has 122 valence electrons. The standard InChI is InChI=1S/C19H13N3O3/c23-17(21-16-7-3-4-12-10-20-9-8-13(12)16)11-22-18(24)14-5-1-2-6-15(14)19(22)25/h1-10H,11H2,(H,21,23). The van der Waals surface area contributed by atoms with Crippen LogP contribution >= 0.6 is 0 Å². The summed E-state index contributed by atoms with van der Waals surface area (Å²) in [4.78, 5) is 42.0. The molecule has 1 aliphatic heterocycles. The SMILES string of the molecule is O=C(CN1C(=O)c2ccccc2C1=O)Nc1cccc2cnccc12. The summed E-state index contributed by atoms with van der Waals surface area (Å²) in [5.74, 6) is -1.32. The Bertz CT molecular complexity index is 989. The molecule has 3 amide bonds. The number of pyridine rings is 1. The van der Waals surface area contributed by atoms with Crippen molar-refractivity contribution in [1.82, 2.24) is 9.88 Å². The second kappa shape index (κ2) is 5.83. The summed E-state index contributed by atoms with van der Waals surface area (Å²) in [5, 5.41) is 4.50. The van der Waals surface area contributed by atoms with Gasteiger partial charge in [-0.3, -0.25) is 24.3 Å². The quantitative estimate of drug-likeness (QED) is 0.748. The first-order chi connectivity index (χ1) is 12.1. The Hall–Kier alpha value is -3.54. The van der Waals surface area contributed by atoms with Gasteiger partial charge in [0.2, 0.25) is 5.91 Å². The number of fused-ring (bicyclic) bond motifs is 2. The molecule has 0 saturated heterocycles. The van der Waals surface area contributed by atoms with Crippen molar-refractivity contribution in [2.75, 3.05) is 11.9 Å². The summed E-state index contributed by atoms with van der Waals surface area (Å²) in [7, 11) is 0. The van der Waals surface area contributed by atoms with Gasteiger partial charge >= 0.3 is 0 Å². The van der Waals surface area contributed by atoms with Gasteiger partial charge in [-0.05, 0) is 24.3 Å². The number of hydrogen-bond acceptors (Lipinski definition) is 4. The molecular weight excluding hydrogens is 318 g/mol. The van der Waals surface area contributed by atoms with Crippen LogP contribution < -0.4 is 5.32 Å². The number of rotatable bonds is 3. The highest BCUT2D eigenvalue weighted by Gasteiger charge is 2.36. The summed E-state index contributed by atoms with van der Waals surface area (Å²) >= 11 is 0. The lowest BCUT2D eigenvalue weighted by atomic mass is 10.1. The van der Waals surface area contributed by atoms with E-state index in [9.17, 15) is 14.4 Å². The number of aromatic nitrogens is 1. The Morgan fingerprint density at radius 1 is 0.960 bits per heavy atom. The lowest BCUT2D eigenvalue weighted by molar-refractivity contribution is -0.116. The second-order valence-electron chi connectivity index (χ2n) is 5.69. The Morgan fingerprint density at radius 3 is 2.40 bits per heavy atom. The largest absolute Gasteiger partial charge is 0.324 e. The lowest BCUT2D eigenvalue weighted by Crippen LogP contribution is -2.37. The molecule has 0 atom stereocenters. The van der Waals surface area contributed by atoms with E-state index in [0.29, 0.717) is 16.8 Å². The number of anilines is 1. The predicted molar refractivity (Wildman–Crippen MR) is 92.2 cm³/mol. The molecule has 1 N–H and O–H groups in total. The van der Waals surface area contributed by atoms with E-state index < -0.39 is 17.7 Å². The number of nitrogens with zero attached hydrogens (tertiary/aromatic N) is 2. The number of nitrogens with one attached hydrogen (secondary N) is 1. The van der Waals surface area contributed by atoms with Gasteiger partial charge in [0.05, 0.1) is 11.1 Å². The van der Waals surface area contributed by atoms with Gasteiger partial charge in [-0.2, -0.15) is 0 Å². The molecule has 0 fully saturated rings. The van der Waals surface area contributed by atoms with E-state index >= 15 is 0 Å². The van der Waals surface area contributed by atoms with E-state index in [1.165, 1.54) is 0 Å². The first-order valence-corrected chi connectivity index (χ1v) is 7.73. The number of imide groups is 1. The van der Waals surface area contributed by atoms with E-state index in [1.807, 2.05) is 12.1 Å². The molecule has 25 heavy (non-hydrogen) atoms. The van der Waals surface area contributed by atoms with Crippen LogP contribution in [-0.2, 0) is 4.79 Å². The van der Waals surface area contributed by atoms with Crippen molar-refractivity contribution in [1.29, 1.82) is 0 Å². The van der Waals surface area contributed by atoms with Crippen molar-refractivity contribution in [3.8, 4) is 0 Å². The molecule has 6 nitrogen and oxygen atoms in total. The highest BCUT2D eigenvalue weighted by Crippen LogP contribution is 2.24. The van der Waals surface area contributed by atoms with E-state index in [0.717, 1.165) is 15.7 Å². The average molecular weight is 331 g/mol. The zero-order chi connectivity index (χ0) is 17.4. The summed E-state index contributed by atoms with van der Waals surface area (Å²) < 4.78 is 0. The number of carbonyl (C=O) groups is 3. The second-order valence-corrected chi connectivity index (χ2v) is 5.69. The maximum atomic E-state index is 12.4. The molecule has 2 heterocycles. The molecule has 4 rings (SSSR count). The number of benzene rings is 2. The Morgan fingerprint density at radius 2 is 1.68 bits per heavy atom. The summed E-state index contributed by atoms with van der Waals surface area (Å²) in [6.07, 6.45) is 3.34. The summed E-state index contributed by atoms with van der Waals surface area (Å²) in [6, 6.07) is 13.8. The highest BCUT2D eigenvalue weighted by atomic mass is 16.2. The molecule has 0 bridgehead atoms. The first-order valence-electron chi connectivity index (χ1n) is 7.73. The fraction of sp³-hybridized carbons (Fsp3) is 0.0526. The zero-order valence-corrected chi connectivity index (χ0v) is 13.1. The van der Waals surface area contributed by atoms with Crippen LogP contribution in [0.15, 0.2) is 60.9 Å². The minimum atomic E-state index is -0.446. The van der Waals surface area contributed by atoms with Gasteiger partial charge in [-0.25, -0.2) is 0 Å². The minimum Gasteiger partial charge on any atom is -0.324 e. The van der Waals surface area contributed by atoms with E-state index in [2.05, 4.69) is 10.3 Å². The van der Waals surface area contributed by atoms with E-state index in [-0.39, 0.29) is 6.54 Å². The third-order valence-electron chi connectivity index (χ3n) is 4.13. The molecule has 1 aromatic heterocycles. The molecule has 0 unspecified atom stereocenters.